The number of nitrogens with one attached hydrogen (secondary N) is 2. The van der Waals surface area contributed by atoms with Gasteiger partial charge in [-0.1, -0.05) is 6.42 Å². The molecule has 2 rings (SSSR count). The van der Waals surface area contributed by atoms with Gasteiger partial charge in [0, 0.05) is 17.3 Å². The Morgan fingerprint density at radius 2 is 2.33 bits per heavy atom. The molecule has 2 N–H and O–H groups in total. The number of carbonyl (C=O) groups is 1. The van der Waals surface area contributed by atoms with E-state index in [2.05, 4.69) is 15.6 Å². The van der Waals surface area contributed by atoms with Gasteiger partial charge in [0.15, 0.2) is 5.13 Å². The van der Waals surface area contributed by atoms with Gasteiger partial charge >= 0.3 is 0 Å². The van der Waals surface area contributed by atoms with Gasteiger partial charge in [-0.2, -0.15) is 0 Å². The summed E-state index contributed by atoms with van der Waals surface area (Å²) in [4.78, 5) is 17.3. The number of piperidine rings is 1. The highest BCUT2D eigenvalue weighted by atomic mass is 32.1. The van der Waals surface area contributed by atoms with Gasteiger partial charge in [0.1, 0.15) is 0 Å². The molecule has 0 aliphatic carbocycles. The first kappa shape index (κ1) is 13.5. The number of rotatable bonds is 4. The van der Waals surface area contributed by atoms with Crippen LogP contribution < -0.4 is 10.6 Å². The third-order valence-electron chi connectivity index (χ3n) is 3.41. The second-order valence-electron chi connectivity index (χ2n) is 4.89. The fourth-order valence-corrected chi connectivity index (χ4v) is 3.01. The van der Waals surface area contributed by atoms with E-state index in [1.807, 2.05) is 13.8 Å². The molecule has 18 heavy (non-hydrogen) atoms. The summed E-state index contributed by atoms with van der Waals surface area (Å²) in [6.45, 7) is 5.08. The van der Waals surface area contributed by atoms with Crippen LogP contribution in [-0.4, -0.2) is 23.5 Å². The average molecular weight is 267 g/mol. The molecule has 0 bridgehead atoms. The number of thiazole rings is 1. The van der Waals surface area contributed by atoms with Crippen molar-refractivity contribution in [3.05, 3.63) is 10.6 Å². The van der Waals surface area contributed by atoms with Crippen molar-refractivity contribution in [2.75, 3.05) is 11.9 Å². The summed E-state index contributed by atoms with van der Waals surface area (Å²) in [7, 11) is 0. The molecule has 2 heterocycles. The molecule has 0 radical (unpaired) electrons. The van der Waals surface area contributed by atoms with Crippen LogP contribution in [0.5, 0.6) is 0 Å². The van der Waals surface area contributed by atoms with E-state index >= 15 is 0 Å². The fourth-order valence-electron chi connectivity index (χ4n) is 2.18. The minimum absolute atomic E-state index is 0.0797. The summed E-state index contributed by atoms with van der Waals surface area (Å²) in [5.74, 6) is 0.0797. The molecule has 0 aromatic carbocycles. The SMILES string of the molecule is Cc1nc(NC(=O)CCC2CCCCN2)sc1C. The van der Waals surface area contributed by atoms with E-state index in [-0.39, 0.29) is 5.91 Å². The Hall–Kier alpha value is -0.940. The Morgan fingerprint density at radius 1 is 1.50 bits per heavy atom. The third kappa shape index (κ3) is 3.78. The molecule has 0 spiro atoms. The van der Waals surface area contributed by atoms with Crippen LogP contribution in [0.25, 0.3) is 0 Å². The maximum atomic E-state index is 11.8. The number of anilines is 1. The smallest absolute Gasteiger partial charge is 0.226 e. The number of aromatic nitrogens is 1. The molecule has 1 fully saturated rings. The Kier molecular flexibility index (Phi) is 4.72. The molecule has 1 atom stereocenters. The number of nitrogens with zero attached hydrogens (tertiary/aromatic N) is 1. The van der Waals surface area contributed by atoms with Gasteiger partial charge in [-0.25, -0.2) is 4.98 Å². The van der Waals surface area contributed by atoms with Crippen molar-refractivity contribution in [2.24, 2.45) is 0 Å². The number of carbonyl (C=O) groups excluding carboxylic acids is 1. The molecule has 1 unspecified atom stereocenters. The van der Waals surface area contributed by atoms with E-state index in [0.29, 0.717) is 12.5 Å². The molecule has 1 aliphatic rings. The van der Waals surface area contributed by atoms with Crippen LogP contribution in [0.2, 0.25) is 0 Å². The van der Waals surface area contributed by atoms with E-state index in [1.165, 1.54) is 24.1 Å². The lowest BCUT2D eigenvalue weighted by molar-refractivity contribution is -0.116. The van der Waals surface area contributed by atoms with Gasteiger partial charge in [-0.3, -0.25) is 4.79 Å². The van der Waals surface area contributed by atoms with Crippen molar-refractivity contribution >= 4 is 22.4 Å². The first-order valence-corrected chi connectivity index (χ1v) is 7.44. The van der Waals surface area contributed by atoms with Gasteiger partial charge in [0.05, 0.1) is 5.69 Å². The predicted octanol–water partition coefficient (Wildman–Crippen LogP) is 2.62. The Morgan fingerprint density at radius 3 is 2.94 bits per heavy atom. The Labute approximate surface area is 112 Å². The minimum atomic E-state index is 0.0797. The summed E-state index contributed by atoms with van der Waals surface area (Å²) in [5.41, 5.74) is 1.00. The molecule has 1 aliphatic heterocycles. The van der Waals surface area contributed by atoms with E-state index in [0.717, 1.165) is 23.8 Å². The number of hydrogen-bond donors (Lipinski definition) is 2. The van der Waals surface area contributed by atoms with Crippen LogP contribution in [-0.2, 0) is 4.79 Å². The van der Waals surface area contributed by atoms with Crippen LogP contribution in [0.3, 0.4) is 0 Å². The second kappa shape index (κ2) is 6.29. The number of hydrogen-bond acceptors (Lipinski definition) is 4. The molecule has 1 aromatic rings. The molecular weight excluding hydrogens is 246 g/mol. The third-order valence-corrected chi connectivity index (χ3v) is 4.40. The summed E-state index contributed by atoms with van der Waals surface area (Å²) >= 11 is 1.55. The fraction of sp³-hybridized carbons (Fsp3) is 0.692. The van der Waals surface area contributed by atoms with Crippen molar-refractivity contribution in [1.29, 1.82) is 0 Å². The van der Waals surface area contributed by atoms with Gasteiger partial charge in [0.2, 0.25) is 5.91 Å². The van der Waals surface area contributed by atoms with Crippen LogP contribution in [0, 0.1) is 13.8 Å². The zero-order valence-corrected chi connectivity index (χ0v) is 11.9. The topological polar surface area (TPSA) is 54.0 Å². The molecule has 5 heteroatoms. The Balaban J connectivity index is 1.74. The molecule has 1 aromatic heterocycles. The lowest BCUT2D eigenvalue weighted by atomic mass is 10.0. The summed E-state index contributed by atoms with van der Waals surface area (Å²) in [6, 6.07) is 0.518. The standard InChI is InChI=1S/C13H21N3OS/c1-9-10(2)18-13(15-9)16-12(17)7-6-11-5-3-4-8-14-11/h11,14H,3-8H2,1-2H3,(H,15,16,17). The van der Waals surface area contributed by atoms with Crippen molar-refractivity contribution in [3.8, 4) is 0 Å². The summed E-state index contributed by atoms with van der Waals surface area (Å²) in [5, 5.41) is 7.07. The predicted molar refractivity (Wildman–Crippen MR) is 75.1 cm³/mol. The first-order valence-electron chi connectivity index (χ1n) is 6.62. The summed E-state index contributed by atoms with van der Waals surface area (Å²) in [6.07, 6.45) is 5.25. The highest BCUT2D eigenvalue weighted by molar-refractivity contribution is 7.15. The van der Waals surface area contributed by atoms with E-state index in [4.69, 9.17) is 0 Å². The molecule has 0 saturated carbocycles. The Bertz CT molecular complexity index is 391. The van der Waals surface area contributed by atoms with Crippen LogP contribution in [0.15, 0.2) is 0 Å². The number of aryl methyl sites for hydroxylation is 2. The largest absolute Gasteiger partial charge is 0.314 e. The second-order valence-corrected chi connectivity index (χ2v) is 6.10. The van der Waals surface area contributed by atoms with Gasteiger partial charge in [-0.05, 0) is 39.7 Å². The van der Waals surface area contributed by atoms with Gasteiger partial charge in [0.25, 0.3) is 0 Å². The normalized spacial score (nSPS) is 19.8. The lowest BCUT2D eigenvalue weighted by Gasteiger charge is -2.22. The number of amides is 1. The van der Waals surface area contributed by atoms with Crippen molar-refractivity contribution in [1.82, 2.24) is 10.3 Å². The van der Waals surface area contributed by atoms with E-state index in [1.54, 1.807) is 11.3 Å². The lowest BCUT2D eigenvalue weighted by Crippen LogP contribution is -2.34. The highest BCUT2D eigenvalue weighted by Crippen LogP contribution is 2.21. The van der Waals surface area contributed by atoms with Gasteiger partial charge in [-0.15, -0.1) is 11.3 Å². The highest BCUT2D eigenvalue weighted by Gasteiger charge is 2.14. The van der Waals surface area contributed by atoms with E-state index < -0.39 is 0 Å². The molecular formula is C13H21N3OS. The van der Waals surface area contributed by atoms with Crippen molar-refractivity contribution in [3.63, 3.8) is 0 Å². The maximum absolute atomic E-state index is 11.8. The van der Waals surface area contributed by atoms with Crippen LogP contribution in [0.1, 0.15) is 42.7 Å². The van der Waals surface area contributed by atoms with Crippen molar-refractivity contribution < 1.29 is 4.79 Å². The monoisotopic (exact) mass is 267 g/mol. The van der Waals surface area contributed by atoms with Gasteiger partial charge < -0.3 is 10.6 Å². The molecule has 1 amide bonds. The zero-order chi connectivity index (χ0) is 13.0. The van der Waals surface area contributed by atoms with Crippen molar-refractivity contribution in [2.45, 2.75) is 52.0 Å². The van der Waals surface area contributed by atoms with E-state index in [9.17, 15) is 4.79 Å². The van der Waals surface area contributed by atoms with Crippen LogP contribution >= 0.6 is 11.3 Å². The summed E-state index contributed by atoms with van der Waals surface area (Å²) < 4.78 is 0. The van der Waals surface area contributed by atoms with Crippen LogP contribution in [0.4, 0.5) is 5.13 Å². The maximum Gasteiger partial charge on any atom is 0.226 e. The quantitative estimate of drug-likeness (QED) is 0.881. The first-order chi connectivity index (χ1) is 8.65. The average Bonchev–Trinajstić information content (AvgIpc) is 2.67. The molecule has 100 valence electrons. The molecule has 4 nitrogen and oxygen atoms in total. The zero-order valence-electron chi connectivity index (χ0n) is 11.1. The molecule has 1 saturated heterocycles. The minimum Gasteiger partial charge on any atom is -0.314 e.